The third kappa shape index (κ3) is 5.24. The number of benzene rings is 1. The van der Waals surface area contributed by atoms with Gasteiger partial charge in [0.1, 0.15) is 11.3 Å². The number of fused-ring (bicyclic) bond motifs is 1. The quantitative estimate of drug-likeness (QED) is 0.307. The van der Waals surface area contributed by atoms with Crippen LogP contribution in [0.1, 0.15) is 70.2 Å². The first-order valence-electron chi connectivity index (χ1n) is 14.2. The van der Waals surface area contributed by atoms with Crippen LogP contribution >= 0.6 is 0 Å². The van der Waals surface area contributed by atoms with Crippen LogP contribution in [0.25, 0.3) is 22.8 Å². The molecule has 2 fully saturated rings. The van der Waals surface area contributed by atoms with Crippen LogP contribution in [-0.4, -0.2) is 35.7 Å². The number of aryl methyl sites for hydroxylation is 2. The van der Waals surface area contributed by atoms with E-state index < -0.39 is 5.76 Å². The van der Waals surface area contributed by atoms with E-state index in [1.54, 1.807) is 0 Å². The lowest BCUT2D eigenvalue weighted by Crippen LogP contribution is -2.31. The molecule has 0 radical (unpaired) electrons. The fourth-order valence-corrected chi connectivity index (χ4v) is 5.95. The zero-order valence-electron chi connectivity index (χ0n) is 22.3. The number of hydrogen-bond donors (Lipinski definition) is 2. The predicted molar refractivity (Wildman–Crippen MR) is 147 cm³/mol. The minimum absolute atomic E-state index is 0.220. The van der Waals surface area contributed by atoms with Gasteiger partial charge in [0.15, 0.2) is 11.5 Å². The Morgan fingerprint density at radius 2 is 1.84 bits per heavy atom. The normalized spacial score (nSPS) is 20.9. The van der Waals surface area contributed by atoms with Crippen molar-refractivity contribution < 1.29 is 4.52 Å². The lowest BCUT2D eigenvalue weighted by Gasteiger charge is -2.32. The van der Waals surface area contributed by atoms with Crippen molar-refractivity contribution >= 4 is 17.0 Å². The fourth-order valence-electron chi connectivity index (χ4n) is 5.95. The molecular formula is C29H37N7O2. The van der Waals surface area contributed by atoms with Gasteiger partial charge in [0.2, 0.25) is 11.6 Å². The van der Waals surface area contributed by atoms with Crippen LogP contribution < -0.4 is 11.1 Å². The summed E-state index contributed by atoms with van der Waals surface area (Å²) >= 11 is 0. The number of imidazole rings is 1. The van der Waals surface area contributed by atoms with E-state index in [1.807, 2.05) is 0 Å². The fraction of sp³-hybridized carbons (Fsp3) is 0.552. The average molecular weight is 516 g/mol. The first kappa shape index (κ1) is 24.8. The van der Waals surface area contributed by atoms with E-state index in [1.165, 1.54) is 50.5 Å². The molecule has 2 N–H and O–H groups in total. The molecule has 0 aliphatic heterocycles. The highest BCUT2D eigenvalue weighted by atomic mass is 16.5. The summed E-state index contributed by atoms with van der Waals surface area (Å²) in [6.07, 6.45) is 10.5. The molecule has 0 spiro atoms. The van der Waals surface area contributed by atoms with Gasteiger partial charge in [-0.1, -0.05) is 61.7 Å². The lowest BCUT2D eigenvalue weighted by atomic mass is 9.80. The maximum atomic E-state index is 11.7. The van der Waals surface area contributed by atoms with E-state index in [2.05, 4.69) is 64.2 Å². The molecule has 3 heterocycles. The number of anilines is 1. The minimum Gasteiger partial charge on any atom is -0.365 e. The van der Waals surface area contributed by atoms with Crippen LogP contribution in [0.3, 0.4) is 0 Å². The Labute approximate surface area is 222 Å². The first-order chi connectivity index (χ1) is 18.5. The largest absolute Gasteiger partial charge is 0.439 e. The van der Waals surface area contributed by atoms with Crippen LogP contribution in [0.5, 0.6) is 0 Å². The van der Waals surface area contributed by atoms with Gasteiger partial charge in [-0.2, -0.15) is 0 Å². The van der Waals surface area contributed by atoms with Crippen molar-refractivity contribution in [3.63, 3.8) is 0 Å². The SMILES string of the molecule is CC1CCC(Cn2c(CCc3ccccc3)nc3nc(-c4noc(=O)[nH]4)nc(N[C@H](C)C4CCC4)c32)CC1. The number of rotatable bonds is 9. The molecule has 2 saturated carbocycles. The lowest BCUT2D eigenvalue weighted by molar-refractivity contribution is 0.264. The van der Waals surface area contributed by atoms with Gasteiger partial charge in [0, 0.05) is 19.0 Å². The highest BCUT2D eigenvalue weighted by molar-refractivity contribution is 5.85. The molecule has 2 aliphatic carbocycles. The Balaban J connectivity index is 1.42. The molecule has 6 rings (SSSR count). The maximum Gasteiger partial charge on any atom is 0.439 e. The van der Waals surface area contributed by atoms with Gasteiger partial charge in [0.05, 0.1) is 0 Å². The van der Waals surface area contributed by atoms with Crippen molar-refractivity contribution in [1.82, 2.24) is 29.7 Å². The summed E-state index contributed by atoms with van der Waals surface area (Å²) in [5.74, 6) is 3.75. The number of aromatic amines is 1. The zero-order valence-corrected chi connectivity index (χ0v) is 22.3. The molecule has 1 aromatic carbocycles. The Bertz CT molecular complexity index is 1430. The Hall–Kier alpha value is -3.49. The summed E-state index contributed by atoms with van der Waals surface area (Å²) < 4.78 is 7.13. The molecule has 0 saturated heterocycles. The van der Waals surface area contributed by atoms with Crippen molar-refractivity contribution in [2.75, 3.05) is 5.32 Å². The highest BCUT2D eigenvalue weighted by Crippen LogP contribution is 2.35. The summed E-state index contributed by atoms with van der Waals surface area (Å²) in [5, 5.41) is 7.56. The first-order valence-corrected chi connectivity index (χ1v) is 14.2. The second-order valence-electron chi connectivity index (χ2n) is 11.4. The zero-order chi connectivity index (χ0) is 26.1. The predicted octanol–water partition coefficient (Wildman–Crippen LogP) is 5.38. The smallest absolute Gasteiger partial charge is 0.365 e. The van der Waals surface area contributed by atoms with E-state index in [4.69, 9.17) is 19.5 Å². The molecule has 0 amide bonds. The van der Waals surface area contributed by atoms with Gasteiger partial charge < -0.3 is 9.88 Å². The van der Waals surface area contributed by atoms with Crippen LogP contribution in [-0.2, 0) is 19.4 Å². The number of aromatic nitrogens is 6. The van der Waals surface area contributed by atoms with Crippen LogP contribution in [0.15, 0.2) is 39.6 Å². The van der Waals surface area contributed by atoms with E-state index in [-0.39, 0.29) is 11.9 Å². The summed E-state index contributed by atoms with van der Waals surface area (Å²) in [6, 6.07) is 10.8. The standard InChI is InChI=1S/C29H37N7O2/c1-18-11-13-21(14-12-18)17-36-23(16-15-20-7-4-3-5-8-20)31-26-24(36)25(30-19(2)22-9-6-10-22)32-27(33-26)28-34-29(37)38-35-28/h3-5,7-8,18-19,21-22H,6,9-17H2,1-2H3,(H,30,32,33)(H,34,35,37)/t18?,19-,21?/m1/s1. The van der Waals surface area contributed by atoms with Crippen molar-refractivity contribution in [2.24, 2.45) is 17.8 Å². The van der Waals surface area contributed by atoms with Crippen LogP contribution in [0.2, 0.25) is 0 Å². The summed E-state index contributed by atoms with van der Waals surface area (Å²) in [4.78, 5) is 29.0. The van der Waals surface area contributed by atoms with Gasteiger partial charge in [-0.05, 0) is 62.3 Å². The molecule has 200 valence electrons. The second kappa shape index (κ2) is 10.7. The van der Waals surface area contributed by atoms with E-state index in [0.717, 1.165) is 42.5 Å². The van der Waals surface area contributed by atoms with Crippen molar-refractivity contribution in [3.8, 4) is 11.6 Å². The third-order valence-electron chi connectivity index (χ3n) is 8.61. The average Bonchev–Trinajstić information content (AvgIpc) is 3.47. The van der Waals surface area contributed by atoms with E-state index >= 15 is 0 Å². The van der Waals surface area contributed by atoms with Crippen molar-refractivity contribution in [2.45, 2.75) is 84.2 Å². The molecule has 0 bridgehead atoms. The third-order valence-corrected chi connectivity index (χ3v) is 8.61. The maximum absolute atomic E-state index is 11.7. The van der Waals surface area contributed by atoms with Crippen LogP contribution in [0, 0.1) is 17.8 Å². The molecule has 1 atom stereocenters. The number of hydrogen-bond acceptors (Lipinski definition) is 7. The van der Waals surface area contributed by atoms with Gasteiger partial charge in [0.25, 0.3) is 0 Å². The molecule has 38 heavy (non-hydrogen) atoms. The molecule has 0 unspecified atom stereocenters. The molecule has 3 aromatic heterocycles. The van der Waals surface area contributed by atoms with Crippen LogP contribution in [0.4, 0.5) is 5.82 Å². The second-order valence-corrected chi connectivity index (χ2v) is 11.4. The van der Waals surface area contributed by atoms with Gasteiger partial charge in [-0.15, -0.1) is 0 Å². The van der Waals surface area contributed by atoms with Crippen molar-refractivity contribution in [3.05, 3.63) is 52.3 Å². The minimum atomic E-state index is -0.623. The topological polar surface area (TPSA) is 115 Å². The molecule has 9 heteroatoms. The molecular weight excluding hydrogens is 478 g/mol. The summed E-state index contributed by atoms with van der Waals surface area (Å²) in [7, 11) is 0. The van der Waals surface area contributed by atoms with Gasteiger partial charge in [-0.25, -0.2) is 19.7 Å². The summed E-state index contributed by atoms with van der Waals surface area (Å²) in [6.45, 7) is 5.51. The van der Waals surface area contributed by atoms with E-state index in [0.29, 0.717) is 23.3 Å². The molecule has 4 aromatic rings. The number of nitrogens with one attached hydrogen (secondary N) is 2. The van der Waals surface area contributed by atoms with E-state index in [9.17, 15) is 4.79 Å². The highest BCUT2D eigenvalue weighted by Gasteiger charge is 2.28. The molecule has 2 aliphatic rings. The Kier molecular flexibility index (Phi) is 7.00. The monoisotopic (exact) mass is 515 g/mol. The summed E-state index contributed by atoms with van der Waals surface area (Å²) in [5.41, 5.74) is 2.88. The van der Waals surface area contributed by atoms with Gasteiger partial charge in [-0.3, -0.25) is 9.51 Å². The Morgan fingerprint density at radius 3 is 2.53 bits per heavy atom. The van der Waals surface area contributed by atoms with Gasteiger partial charge >= 0.3 is 5.76 Å². The Morgan fingerprint density at radius 1 is 1.05 bits per heavy atom. The van der Waals surface area contributed by atoms with Crippen molar-refractivity contribution in [1.29, 1.82) is 0 Å². The number of nitrogens with zero attached hydrogens (tertiary/aromatic N) is 5. The molecule has 9 nitrogen and oxygen atoms in total. The number of H-pyrrole nitrogens is 1.